The largest absolute Gasteiger partial charge is 0.478 e. The highest BCUT2D eigenvalue weighted by atomic mass is 79.9. The van der Waals surface area contributed by atoms with Gasteiger partial charge in [0.05, 0.1) is 5.69 Å². The predicted molar refractivity (Wildman–Crippen MR) is 84.3 cm³/mol. The van der Waals surface area contributed by atoms with Gasteiger partial charge in [-0.3, -0.25) is 9.69 Å². The van der Waals surface area contributed by atoms with Crippen LogP contribution in [0.4, 0.5) is 5.00 Å². The number of carboxylic acids is 1. The maximum atomic E-state index is 12.6. The summed E-state index contributed by atoms with van der Waals surface area (Å²) in [6.45, 7) is 4.20. The molecule has 2 rings (SSSR count). The molecule has 0 aromatic carbocycles. The van der Waals surface area contributed by atoms with E-state index in [-0.39, 0.29) is 11.5 Å². The van der Waals surface area contributed by atoms with E-state index in [0.29, 0.717) is 22.9 Å². The second kappa shape index (κ2) is 5.98. The summed E-state index contributed by atoms with van der Waals surface area (Å²) in [5.74, 6) is -1.35. The number of carbonyl (C=O) groups excluding carboxylic acids is 1. The highest BCUT2D eigenvalue weighted by Crippen LogP contribution is 2.29. The standard InChI is InChI=1S/C13H14BrN3O3S/c1-4-17-6-8(14)5-9(17)11(18)16(3)12-10(13(19)20)7(2)15-21-12/h5-6H,4H2,1-3H3,(H,19,20). The number of anilines is 1. The van der Waals surface area contributed by atoms with Gasteiger partial charge < -0.3 is 9.67 Å². The van der Waals surface area contributed by atoms with Gasteiger partial charge in [0.15, 0.2) is 0 Å². The van der Waals surface area contributed by atoms with Crippen molar-refractivity contribution in [2.75, 3.05) is 11.9 Å². The average Bonchev–Trinajstić information content (AvgIpc) is 2.99. The summed E-state index contributed by atoms with van der Waals surface area (Å²) in [4.78, 5) is 25.2. The van der Waals surface area contributed by atoms with E-state index < -0.39 is 5.97 Å². The van der Waals surface area contributed by atoms with Crippen LogP contribution in [0.5, 0.6) is 0 Å². The van der Waals surface area contributed by atoms with E-state index in [1.807, 2.05) is 13.1 Å². The van der Waals surface area contributed by atoms with Gasteiger partial charge in [-0.15, -0.1) is 0 Å². The number of hydrogen-bond acceptors (Lipinski definition) is 4. The smallest absolute Gasteiger partial charge is 0.340 e. The number of rotatable bonds is 4. The molecule has 1 N–H and O–H groups in total. The molecule has 2 aromatic rings. The number of carbonyl (C=O) groups is 2. The van der Waals surface area contributed by atoms with Crippen LogP contribution in [0, 0.1) is 6.92 Å². The number of nitrogens with zero attached hydrogens (tertiary/aromatic N) is 3. The lowest BCUT2D eigenvalue weighted by molar-refractivity contribution is 0.0697. The molecular weight excluding hydrogens is 358 g/mol. The number of aryl methyl sites for hydroxylation is 2. The topological polar surface area (TPSA) is 75.4 Å². The molecule has 0 bridgehead atoms. The Kier molecular flexibility index (Phi) is 4.48. The summed E-state index contributed by atoms with van der Waals surface area (Å²) in [5, 5.41) is 9.60. The zero-order valence-corrected chi connectivity index (χ0v) is 14.2. The summed E-state index contributed by atoms with van der Waals surface area (Å²) >= 11 is 4.35. The number of aromatic carboxylic acids is 1. The molecule has 0 unspecified atom stereocenters. The predicted octanol–water partition coefficient (Wildman–Crippen LogP) is 3.01. The summed E-state index contributed by atoms with van der Waals surface area (Å²) < 4.78 is 6.64. The summed E-state index contributed by atoms with van der Waals surface area (Å²) in [6.07, 6.45) is 1.82. The fraction of sp³-hybridized carbons (Fsp3) is 0.308. The lowest BCUT2D eigenvalue weighted by Gasteiger charge is -2.16. The van der Waals surface area contributed by atoms with Crippen molar-refractivity contribution in [2.24, 2.45) is 0 Å². The monoisotopic (exact) mass is 371 g/mol. The molecule has 0 saturated heterocycles. The molecular formula is C13H14BrN3O3S. The third kappa shape index (κ3) is 2.86. The highest BCUT2D eigenvalue weighted by molar-refractivity contribution is 9.10. The second-order valence-corrected chi connectivity index (χ2v) is 6.11. The zero-order chi connectivity index (χ0) is 15.7. The Balaban J connectivity index is 2.42. The number of hydrogen-bond donors (Lipinski definition) is 1. The zero-order valence-electron chi connectivity index (χ0n) is 11.8. The fourth-order valence-electron chi connectivity index (χ4n) is 2.01. The van der Waals surface area contributed by atoms with Gasteiger partial charge in [0.1, 0.15) is 16.3 Å². The van der Waals surface area contributed by atoms with Gasteiger partial charge in [-0.1, -0.05) is 0 Å². The minimum atomic E-state index is -1.08. The van der Waals surface area contributed by atoms with E-state index in [1.165, 1.54) is 4.90 Å². The number of halogens is 1. The third-order valence-corrected chi connectivity index (χ3v) is 4.54. The van der Waals surface area contributed by atoms with Crippen LogP contribution in [0.15, 0.2) is 16.7 Å². The van der Waals surface area contributed by atoms with Gasteiger partial charge in [-0.2, -0.15) is 4.37 Å². The molecule has 0 radical (unpaired) electrons. The first-order valence-corrected chi connectivity index (χ1v) is 7.76. The first-order chi connectivity index (χ1) is 9.86. The molecule has 112 valence electrons. The van der Waals surface area contributed by atoms with Crippen LogP contribution in [0.25, 0.3) is 0 Å². The van der Waals surface area contributed by atoms with E-state index in [9.17, 15) is 14.7 Å². The van der Waals surface area contributed by atoms with Crippen LogP contribution in [0.3, 0.4) is 0 Å². The van der Waals surface area contributed by atoms with Crippen LogP contribution in [0.1, 0.15) is 33.5 Å². The maximum absolute atomic E-state index is 12.6. The molecule has 2 heterocycles. The van der Waals surface area contributed by atoms with Crippen molar-refractivity contribution < 1.29 is 14.7 Å². The van der Waals surface area contributed by atoms with Crippen molar-refractivity contribution in [3.63, 3.8) is 0 Å². The summed E-state index contributed by atoms with van der Waals surface area (Å²) in [5.41, 5.74) is 0.980. The molecule has 0 aliphatic carbocycles. The van der Waals surface area contributed by atoms with Gasteiger partial charge in [0.25, 0.3) is 5.91 Å². The minimum absolute atomic E-state index is 0.0736. The molecule has 1 amide bonds. The number of amides is 1. The number of aromatic nitrogens is 2. The van der Waals surface area contributed by atoms with Gasteiger partial charge in [0, 0.05) is 24.3 Å². The Labute approximate surface area is 134 Å². The van der Waals surface area contributed by atoms with E-state index in [0.717, 1.165) is 16.0 Å². The van der Waals surface area contributed by atoms with Gasteiger partial charge >= 0.3 is 5.97 Å². The van der Waals surface area contributed by atoms with Crippen molar-refractivity contribution in [3.8, 4) is 0 Å². The van der Waals surface area contributed by atoms with Crippen LogP contribution in [0.2, 0.25) is 0 Å². The molecule has 21 heavy (non-hydrogen) atoms. The quantitative estimate of drug-likeness (QED) is 0.895. The maximum Gasteiger partial charge on any atom is 0.340 e. The Morgan fingerprint density at radius 2 is 2.19 bits per heavy atom. The minimum Gasteiger partial charge on any atom is -0.478 e. The lowest BCUT2D eigenvalue weighted by Crippen LogP contribution is -2.28. The van der Waals surface area contributed by atoms with E-state index in [1.54, 1.807) is 24.6 Å². The molecule has 0 fully saturated rings. The summed E-state index contributed by atoms with van der Waals surface area (Å²) in [7, 11) is 1.56. The van der Waals surface area contributed by atoms with Crippen molar-refractivity contribution in [1.82, 2.24) is 8.94 Å². The number of carboxylic acid groups (broad SMARTS) is 1. The van der Waals surface area contributed by atoms with Gasteiger partial charge in [0.2, 0.25) is 0 Å². The van der Waals surface area contributed by atoms with E-state index in [4.69, 9.17) is 0 Å². The highest BCUT2D eigenvalue weighted by Gasteiger charge is 2.26. The molecule has 0 saturated carbocycles. The van der Waals surface area contributed by atoms with E-state index >= 15 is 0 Å². The van der Waals surface area contributed by atoms with Crippen LogP contribution < -0.4 is 4.90 Å². The molecule has 0 spiro atoms. The van der Waals surface area contributed by atoms with Crippen molar-refractivity contribution >= 4 is 44.3 Å². The normalized spacial score (nSPS) is 10.7. The van der Waals surface area contributed by atoms with Gasteiger partial charge in [-0.25, -0.2) is 4.79 Å². The molecule has 6 nitrogen and oxygen atoms in total. The Hall–Kier alpha value is -1.67. The average molecular weight is 372 g/mol. The Bertz CT molecular complexity index is 708. The lowest BCUT2D eigenvalue weighted by atomic mass is 10.2. The van der Waals surface area contributed by atoms with Crippen LogP contribution in [-0.4, -0.2) is 33.0 Å². The molecule has 8 heteroatoms. The van der Waals surface area contributed by atoms with Gasteiger partial charge in [-0.05, 0) is 47.4 Å². The first-order valence-electron chi connectivity index (χ1n) is 6.20. The Morgan fingerprint density at radius 3 is 2.76 bits per heavy atom. The first kappa shape index (κ1) is 15.7. The second-order valence-electron chi connectivity index (χ2n) is 4.45. The fourth-order valence-corrected chi connectivity index (χ4v) is 3.32. The van der Waals surface area contributed by atoms with E-state index in [2.05, 4.69) is 20.3 Å². The van der Waals surface area contributed by atoms with Crippen LogP contribution in [-0.2, 0) is 6.54 Å². The molecule has 0 atom stereocenters. The van der Waals surface area contributed by atoms with Crippen LogP contribution >= 0.6 is 27.5 Å². The molecule has 2 aromatic heterocycles. The Morgan fingerprint density at radius 1 is 1.52 bits per heavy atom. The summed E-state index contributed by atoms with van der Waals surface area (Å²) in [6, 6.07) is 1.72. The van der Waals surface area contributed by atoms with Crippen molar-refractivity contribution in [3.05, 3.63) is 33.7 Å². The van der Waals surface area contributed by atoms with Crippen molar-refractivity contribution in [1.29, 1.82) is 0 Å². The molecule has 0 aliphatic heterocycles. The third-order valence-electron chi connectivity index (χ3n) is 3.09. The molecule has 0 aliphatic rings. The SMILES string of the molecule is CCn1cc(Br)cc1C(=O)N(C)c1snc(C)c1C(=O)O. The van der Waals surface area contributed by atoms with Crippen molar-refractivity contribution in [2.45, 2.75) is 20.4 Å².